The van der Waals surface area contributed by atoms with Gasteiger partial charge in [0.2, 0.25) is 0 Å². The van der Waals surface area contributed by atoms with Gasteiger partial charge in [0, 0.05) is 11.9 Å². The second-order valence-electron chi connectivity index (χ2n) is 5.29. The van der Waals surface area contributed by atoms with Crippen LogP contribution in [0.15, 0.2) is 59.2 Å². The van der Waals surface area contributed by atoms with E-state index in [4.69, 9.17) is 15.6 Å². The normalized spacial score (nSPS) is 10.3. The maximum atomic E-state index is 12.3. The van der Waals surface area contributed by atoms with Crippen LogP contribution in [-0.2, 0) is 6.42 Å². The van der Waals surface area contributed by atoms with Crippen LogP contribution < -0.4 is 10.1 Å². The van der Waals surface area contributed by atoms with E-state index in [-0.39, 0.29) is 12.5 Å². The van der Waals surface area contributed by atoms with Crippen molar-refractivity contribution in [3.63, 3.8) is 0 Å². The first-order valence-electron chi connectivity index (χ1n) is 7.67. The van der Waals surface area contributed by atoms with Crippen LogP contribution >= 0.6 is 0 Å². The summed E-state index contributed by atoms with van der Waals surface area (Å²) < 4.78 is 10.7. The maximum Gasteiger partial charge on any atom is 0.255 e. The van der Waals surface area contributed by atoms with Crippen LogP contribution in [0.3, 0.4) is 0 Å². The van der Waals surface area contributed by atoms with Crippen molar-refractivity contribution in [2.45, 2.75) is 6.42 Å². The monoisotopic (exact) mass is 319 g/mol. The molecule has 4 nitrogen and oxygen atoms in total. The Morgan fingerprint density at radius 1 is 1.17 bits per heavy atom. The number of ether oxygens (including phenoxy) is 1. The molecular weight excluding hydrogens is 302 g/mol. The third-order valence-corrected chi connectivity index (χ3v) is 3.67. The first-order chi connectivity index (χ1) is 11.8. The van der Waals surface area contributed by atoms with Crippen molar-refractivity contribution >= 4 is 16.9 Å². The molecule has 0 atom stereocenters. The van der Waals surface area contributed by atoms with E-state index in [1.165, 1.54) is 6.26 Å². The summed E-state index contributed by atoms with van der Waals surface area (Å²) in [6, 6.07) is 15.2. The van der Waals surface area contributed by atoms with Crippen molar-refractivity contribution in [1.29, 1.82) is 0 Å². The zero-order chi connectivity index (χ0) is 16.8. The highest BCUT2D eigenvalue weighted by Crippen LogP contribution is 2.20. The number of nitrogens with one attached hydrogen (secondary N) is 1. The Kier molecular flexibility index (Phi) is 4.83. The van der Waals surface area contributed by atoms with Gasteiger partial charge in [-0.2, -0.15) is 0 Å². The molecule has 0 saturated heterocycles. The van der Waals surface area contributed by atoms with Gasteiger partial charge in [0.1, 0.15) is 24.2 Å². The molecule has 0 fully saturated rings. The fourth-order valence-electron chi connectivity index (χ4n) is 2.45. The molecule has 0 aliphatic rings. The number of carbonyl (C=O) groups excluding carboxylic acids is 1. The Labute approximate surface area is 140 Å². The largest absolute Gasteiger partial charge is 0.481 e. The van der Waals surface area contributed by atoms with Gasteiger partial charge in [-0.1, -0.05) is 36.3 Å². The van der Waals surface area contributed by atoms with Crippen molar-refractivity contribution < 1.29 is 13.9 Å². The zero-order valence-electron chi connectivity index (χ0n) is 13.1. The van der Waals surface area contributed by atoms with Gasteiger partial charge in [-0.3, -0.25) is 4.79 Å². The molecule has 0 radical (unpaired) electrons. The number of para-hydroxylation sites is 1. The summed E-state index contributed by atoms with van der Waals surface area (Å²) in [6.45, 7) is 0.803. The Bertz CT molecular complexity index is 872. The molecule has 120 valence electrons. The summed E-state index contributed by atoms with van der Waals surface area (Å²) in [4.78, 5) is 12.3. The molecule has 0 aliphatic carbocycles. The third-order valence-electron chi connectivity index (χ3n) is 3.67. The second kappa shape index (κ2) is 7.38. The van der Waals surface area contributed by atoms with Gasteiger partial charge in [0.15, 0.2) is 0 Å². The van der Waals surface area contributed by atoms with Crippen LogP contribution in [0.1, 0.15) is 15.9 Å². The second-order valence-corrected chi connectivity index (χ2v) is 5.29. The van der Waals surface area contributed by atoms with Gasteiger partial charge >= 0.3 is 0 Å². The Balaban J connectivity index is 1.54. The Hall–Kier alpha value is -3.19. The molecular formula is C20H17NO3. The van der Waals surface area contributed by atoms with Crippen LogP contribution in [0, 0.1) is 12.3 Å². The minimum absolute atomic E-state index is 0.131. The molecule has 3 aromatic rings. The van der Waals surface area contributed by atoms with E-state index in [0.29, 0.717) is 17.7 Å². The zero-order valence-corrected chi connectivity index (χ0v) is 13.1. The smallest absolute Gasteiger partial charge is 0.255 e. The predicted molar refractivity (Wildman–Crippen MR) is 93.0 cm³/mol. The van der Waals surface area contributed by atoms with E-state index in [0.717, 1.165) is 23.1 Å². The van der Waals surface area contributed by atoms with E-state index in [1.54, 1.807) is 0 Å². The lowest BCUT2D eigenvalue weighted by Crippen LogP contribution is -2.25. The van der Waals surface area contributed by atoms with Gasteiger partial charge in [-0.05, 0) is 30.2 Å². The molecule has 1 aromatic heterocycles. The quantitative estimate of drug-likeness (QED) is 0.708. The Morgan fingerprint density at radius 3 is 2.75 bits per heavy atom. The van der Waals surface area contributed by atoms with Crippen molar-refractivity contribution in [2.24, 2.45) is 0 Å². The predicted octanol–water partition coefficient (Wildman–Crippen LogP) is 3.42. The molecule has 24 heavy (non-hydrogen) atoms. The molecule has 1 N–H and O–H groups in total. The summed E-state index contributed by atoms with van der Waals surface area (Å²) >= 11 is 0. The minimum Gasteiger partial charge on any atom is -0.481 e. The van der Waals surface area contributed by atoms with E-state index in [1.807, 2.05) is 48.5 Å². The lowest BCUT2D eigenvalue weighted by Gasteiger charge is -2.06. The number of carbonyl (C=O) groups is 1. The maximum absolute atomic E-state index is 12.3. The van der Waals surface area contributed by atoms with Gasteiger partial charge in [0.25, 0.3) is 5.91 Å². The standard InChI is InChI=1S/C20H17NO3/c1-2-13-23-16-9-7-15(8-10-16)11-12-21-20(22)18-14-24-19-6-4-3-5-17(18)19/h1,3-10,14H,11-13H2,(H,21,22). The third kappa shape index (κ3) is 3.58. The number of benzene rings is 2. The van der Waals surface area contributed by atoms with E-state index in [2.05, 4.69) is 11.2 Å². The molecule has 0 spiro atoms. The molecule has 0 aliphatic heterocycles. The lowest BCUT2D eigenvalue weighted by atomic mass is 10.1. The molecule has 2 aromatic carbocycles. The number of furan rings is 1. The highest BCUT2D eigenvalue weighted by Gasteiger charge is 2.12. The highest BCUT2D eigenvalue weighted by atomic mass is 16.5. The topological polar surface area (TPSA) is 51.5 Å². The number of hydrogen-bond acceptors (Lipinski definition) is 3. The van der Waals surface area contributed by atoms with Gasteiger partial charge in [-0.15, -0.1) is 6.42 Å². The summed E-state index contributed by atoms with van der Waals surface area (Å²) in [6.07, 6.45) is 7.38. The molecule has 1 heterocycles. The molecule has 0 unspecified atom stereocenters. The molecule has 4 heteroatoms. The SMILES string of the molecule is C#CCOc1ccc(CCNC(=O)c2coc3ccccc23)cc1. The van der Waals surface area contributed by atoms with Gasteiger partial charge in [-0.25, -0.2) is 0 Å². The van der Waals surface area contributed by atoms with E-state index >= 15 is 0 Å². The number of hydrogen-bond donors (Lipinski definition) is 1. The first-order valence-corrected chi connectivity index (χ1v) is 7.67. The van der Waals surface area contributed by atoms with Crippen LogP contribution in [-0.4, -0.2) is 19.1 Å². The fourth-order valence-corrected chi connectivity index (χ4v) is 2.45. The number of amides is 1. The molecule has 0 bridgehead atoms. The van der Waals surface area contributed by atoms with Crippen LogP contribution in [0.4, 0.5) is 0 Å². The fraction of sp³-hybridized carbons (Fsp3) is 0.150. The van der Waals surface area contributed by atoms with Crippen LogP contribution in [0.2, 0.25) is 0 Å². The van der Waals surface area contributed by atoms with Gasteiger partial charge < -0.3 is 14.5 Å². The summed E-state index contributed by atoms with van der Waals surface area (Å²) in [7, 11) is 0. The molecule has 0 saturated carbocycles. The van der Waals surface area contributed by atoms with Crippen LogP contribution in [0.25, 0.3) is 11.0 Å². The number of rotatable bonds is 6. The Morgan fingerprint density at radius 2 is 1.96 bits per heavy atom. The summed E-state index contributed by atoms with van der Waals surface area (Å²) in [5.74, 6) is 3.04. The van der Waals surface area contributed by atoms with Gasteiger partial charge in [0.05, 0.1) is 5.56 Å². The van der Waals surface area contributed by atoms with Crippen molar-refractivity contribution in [1.82, 2.24) is 5.32 Å². The molecule has 3 rings (SSSR count). The van der Waals surface area contributed by atoms with E-state index in [9.17, 15) is 4.79 Å². The minimum atomic E-state index is -0.131. The van der Waals surface area contributed by atoms with Crippen molar-refractivity contribution in [3.05, 3.63) is 65.9 Å². The van der Waals surface area contributed by atoms with Crippen molar-refractivity contribution in [2.75, 3.05) is 13.2 Å². The number of fused-ring (bicyclic) bond motifs is 1. The molecule has 1 amide bonds. The average Bonchev–Trinajstić information content (AvgIpc) is 3.05. The summed E-state index contributed by atoms with van der Waals surface area (Å²) in [5, 5.41) is 3.74. The summed E-state index contributed by atoms with van der Waals surface area (Å²) in [5.41, 5.74) is 2.38. The number of terminal acetylenes is 1. The highest BCUT2D eigenvalue weighted by molar-refractivity contribution is 6.05. The lowest BCUT2D eigenvalue weighted by molar-refractivity contribution is 0.0955. The van der Waals surface area contributed by atoms with Crippen molar-refractivity contribution in [3.8, 4) is 18.1 Å². The average molecular weight is 319 g/mol. The first kappa shape index (κ1) is 15.7. The van der Waals surface area contributed by atoms with E-state index < -0.39 is 0 Å². The van der Waals surface area contributed by atoms with Crippen LogP contribution in [0.5, 0.6) is 5.75 Å².